The molecule has 0 saturated heterocycles. The predicted molar refractivity (Wildman–Crippen MR) is 137 cm³/mol. The van der Waals surface area contributed by atoms with Crippen molar-refractivity contribution in [2.45, 2.75) is 20.3 Å². The number of quaternary nitrogens is 1. The Hall–Kier alpha value is -2.83. The summed E-state index contributed by atoms with van der Waals surface area (Å²) in [4.78, 5) is 11.9. The zero-order chi connectivity index (χ0) is 23.3. The van der Waals surface area contributed by atoms with Gasteiger partial charge in [-0.15, -0.1) is 0 Å². The van der Waals surface area contributed by atoms with Gasteiger partial charge < -0.3 is 18.1 Å². The monoisotopic (exact) mass is 510 g/mol. The fourth-order valence-corrected chi connectivity index (χ4v) is 4.86. The SMILES string of the molecule is CC[N+](CC)(CC=Cc1ccccc1)CCCOc1c2occc2c(Br)c2ccc(=O)oc12. The highest BCUT2D eigenvalue weighted by atomic mass is 79.9. The molecule has 4 aromatic rings. The lowest BCUT2D eigenvalue weighted by atomic mass is 10.1. The maximum absolute atomic E-state index is 11.9. The summed E-state index contributed by atoms with van der Waals surface area (Å²) in [7, 11) is 0. The average Bonchev–Trinajstić information content (AvgIpc) is 3.33. The number of fused-ring (bicyclic) bond motifs is 2. The normalized spacial score (nSPS) is 12.2. The highest BCUT2D eigenvalue weighted by molar-refractivity contribution is 9.10. The van der Waals surface area contributed by atoms with Gasteiger partial charge in [-0.25, -0.2) is 4.79 Å². The molecule has 0 radical (unpaired) electrons. The van der Waals surface area contributed by atoms with Crippen molar-refractivity contribution in [1.82, 2.24) is 0 Å². The molecular weight excluding hydrogens is 482 g/mol. The fourth-order valence-electron chi connectivity index (χ4n) is 4.24. The Labute approximate surface area is 202 Å². The number of halogens is 1. The Balaban J connectivity index is 1.47. The molecule has 0 amide bonds. The number of benzene rings is 2. The first-order chi connectivity index (χ1) is 16.1. The fraction of sp³-hybridized carbons (Fsp3) is 0.296. The van der Waals surface area contributed by atoms with Gasteiger partial charge in [-0.05, 0) is 53.5 Å². The number of nitrogens with zero attached hydrogens (tertiary/aromatic N) is 1. The van der Waals surface area contributed by atoms with E-state index in [2.05, 4.69) is 66.2 Å². The topological polar surface area (TPSA) is 52.6 Å². The lowest BCUT2D eigenvalue weighted by Gasteiger charge is -2.36. The third-order valence-electron chi connectivity index (χ3n) is 6.35. The number of rotatable bonds is 10. The van der Waals surface area contributed by atoms with E-state index < -0.39 is 5.63 Å². The van der Waals surface area contributed by atoms with Gasteiger partial charge in [-0.1, -0.05) is 36.4 Å². The Morgan fingerprint density at radius 3 is 2.52 bits per heavy atom. The molecule has 0 unspecified atom stereocenters. The molecule has 0 bridgehead atoms. The van der Waals surface area contributed by atoms with E-state index in [1.807, 2.05) is 12.1 Å². The molecule has 4 rings (SSSR count). The lowest BCUT2D eigenvalue weighted by molar-refractivity contribution is -0.919. The number of likely N-dealkylation sites (N-methyl/N-ethyl adjacent to an activating group) is 1. The second-order valence-electron chi connectivity index (χ2n) is 8.20. The first-order valence-corrected chi connectivity index (χ1v) is 12.2. The molecule has 0 fully saturated rings. The van der Waals surface area contributed by atoms with Crippen molar-refractivity contribution in [2.24, 2.45) is 0 Å². The minimum atomic E-state index is -0.414. The van der Waals surface area contributed by atoms with Gasteiger partial charge in [0.2, 0.25) is 5.75 Å². The molecule has 0 saturated carbocycles. The molecule has 2 heterocycles. The second kappa shape index (κ2) is 10.4. The Kier molecular flexibility index (Phi) is 7.36. The van der Waals surface area contributed by atoms with Gasteiger partial charge in [-0.2, -0.15) is 0 Å². The van der Waals surface area contributed by atoms with E-state index in [0.29, 0.717) is 23.5 Å². The molecule has 172 valence electrons. The Morgan fingerprint density at radius 1 is 1.00 bits per heavy atom. The van der Waals surface area contributed by atoms with E-state index in [4.69, 9.17) is 13.6 Å². The van der Waals surface area contributed by atoms with Crippen LogP contribution in [-0.4, -0.2) is 37.3 Å². The molecule has 0 aliphatic rings. The van der Waals surface area contributed by atoms with Crippen LogP contribution in [0, 0.1) is 0 Å². The number of hydrogen-bond acceptors (Lipinski definition) is 4. The Bertz CT molecular complexity index is 1300. The van der Waals surface area contributed by atoms with E-state index in [1.54, 1.807) is 12.3 Å². The number of furan rings is 1. The summed E-state index contributed by atoms with van der Waals surface area (Å²) in [5.41, 5.74) is 1.80. The summed E-state index contributed by atoms with van der Waals surface area (Å²) < 4.78 is 19.2. The summed E-state index contributed by atoms with van der Waals surface area (Å²) in [6, 6.07) is 15.4. The third kappa shape index (κ3) is 5.07. The summed E-state index contributed by atoms with van der Waals surface area (Å²) in [6.45, 7) is 9.05. The maximum Gasteiger partial charge on any atom is 0.336 e. The van der Waals surface area contributed by atoms with Crippen LogP contribution in [0.15, 0.2) is 79.0 Å². The van der Waals surface area contributed by atoms with Crippen LogP contribution in [-0.2, 0) is 0 Å². The summed E-state index contributed by atoms with van der Waals surface area (Å²) in [5, 5.41) is 1.68. The summed E-state index contributed by atoms with van der Waals surface area (Å²) >= 11 is 3.60. The van der Waals surface area contributed by atoms with Crippen LogP contribution in [0.2, 0.25) is 0 Å². The first kappa shape index (κ1) is 23.3. The Morgan fingerprint density at radius 2 is 1.76 bits per heavy atom. The van der Waals surface area contributed by atoms with E-state index in [9.17, 15) is 4.79 Å². The zero-order valence-corrected chi connectivity index (χ0v) is 20.6. The van der Waals surface area contributed by atoms with E-state index in [-0.39, 0.29) is 0 Å². The molecule has 0 N–H and O–H groups in total. The van der Waals surface area contributed by atoms with Gasteiger partial charge in [0.05, 0.1) is 39.0 Å². The van der Waals surface area contributed by atoms with Crippen molar-refractivity contribution in [1.29, 1.82) is 0 Å². The van der Waals surface area contributed by atoms with Crippen LogP contribution in [0.5, 0.6) is 5.75 Å². The molecule has 2 aromatic carbocycles. The van der Waals surface area contributed by atoms with Gasteiger partial charge in [0.1, 0.15) is 0 Å². The van der Waals surface area contributed by atoms with Crippen LogP contribution in [0.1, 0.15) is 25.8 Å². The van der Waals surface area contributed by atoms with Gasteiger partial charge in [0.25, 0.3) is 0 Å². The molecule has 6 heteroatoms. The minimum Gasteiger partial charge on any atom is -0.486 e. The first-order valence-electron chi connectivity index (χ1n) is 11.4. The molecule has 0 spiro atoms. The third-order valence-corrected chi connectivity index (χ3v) is 7.21. The van der Waals surface area contributed by atoms with Gasteiger partial charge in [-0.3, -0.25) is 0 Å². The van der Waals surface area contributed by atoms with Crippen LogP contribution in [0.25, 0.3) is 28.0 Å². The van der Waals surface area contributed by atoms with Gasteiger partial charge >= 0.3 is 5.63 Å². The molecular formula is C27H29BrNO4+. The molecule has 5 nitrogen and oxygen atoms in total. The smallest absolute Gasteiger partial charge is 0.336 e. The summed E-state index contributed by atoms with van der Waals surface area (Å²) in [6.07, 6.45) is 6.96. The van der Waals surface area contributed by atoms with E-state index in [1.165, 1.54) is 11.6 Å². The minimum absolute atomic E-state index is 0.411. The average molecular weight is 511 g/mol. The molecule has 0 aliphatic carbocycles. The number of hydrogen-bond donors (Lipinski definition) is 0. The van der Waals surface area contributed by atoms with Crippen molar-refractivity contribution in [3.8, 4) is 5.75 Å². The standard InChI is InChI=1S/C27H29BrNO4/c1-3-29(4-2,16-8-12-20-10-6-5-7-11-20)17-9-18-31-27-25-22(15-19-32-25)24(28)21-13-14-23(30)33-26(21)27/h5-8,10-15,19H,3-4,9,16-18H2,1-2H3/q+1. The van der Waals surface area contributed by atoms with Crippen molar-refractivity contribution in [3.63, 3.8) is 0 Å². The highest BCUT2D eigenvalue weighted by Gasteiger charge is 2.22. The van der Waals surface area contributed by atoms with Crippen molar-refractivity contribution < 1.29 is 18.1 Å². The van der Waals surface area contributed by atoms with Gasteiger partial charge in [0.15, 0.2) is 11.2 Å². The molecule has 0 aliphatic heterocycles. The van der Waals surface area contributed by atoms with Crippen LogP contribution < -0.4 is 10.4 Å². The quantitative estimate of drug-likeness (QED) is 0.136. The number of ether oxygens (including phenoxy) is 1. The molecule has 0 atom stereocenters. The molecule has 2 aromatic heterocycles. The van der Waals surface area contributed by atoms with Crippen LogP contribution in [0.3, 0.4) is 0 Å². The van der Waals surface area contributed by atoms with Crippen molar-refractivity contribution in [2.75, 3.05) is 32.8 Å². The zero-order valence-electron chi connectivity index (χ0n) is 19.1. The second-order valence-corrected chi connectivity index (χ2v) is 8.99. The van der Waals surface area contributed by atoms with E-state index >= 15 is 0 Å². The maximum atomic E-state index is 11.9. The highest BCUT2D eigenvalue weighted by Crippen LogP contribution is 2.41. The van der Waals surface area contributed by atoms with Gasteiger partial charge in [0, 0.05) is 27.7 Å². The molecule has 33 heavy (non-hydrogen) atoms. The lowest BCUT2D eigenvalue weighted by Crippen LogP contribution is -2.48. The van der Waals surface area contributed by atoms with Crippen LogP contribution in [0.4, 0.5) is 0 Å². The van der Waals surface area contributed by atoms with Crippen molar-refractivity contribution >= 4 is 43.9 Å². The van der Waals surface area contributed by atoms with Crippen molar-refractivity contribution in [3.05, 3.63) is 81.3 Å². The summed E-state index contributed by atoms with van der Waals surface area (Å²) in [5.74, 6) is 0.487. The predicted octanol–water partition coefficient (Wildman–Crippen LogP) is 6.64. The largest absolute Gasteiger partial charge is 0.486 e. The van der Waals surface area contributed by atoms with Crippen LogP contribution >= 0.6 is 15.9 Å². The van der Waals surface area contributed by atoms with E-state index in [0.717, 1.165) is 52.3 Å².